The summed E-state index contributed by atoms with van der Waals surface area (Å²) in [6, 6.07) is 0. The van der Waals surface area contributed by atoms with Gasteiger partial charge in [0, 0.05) is 25.2 Å². The molecule has 10 saturated carbocycles. The lowest BCUT2D eigenvalue weighted by Gasteiger charge is -2.71. The normalized spacial score (nSPS) is 71.2. The molecule has 20 unspecified atom stereocenters. The monoisotopic (exact) mass is 910 g/mol. The summed E-state index contributed by atoms with van der Waals surface area (Å²) >= 11 is 0. The molecule has 0 amide bonds. The van der Waals surface area contributed by atoms with Crippen molar-refractivity contribution >= 4 is 42.8 Å². The van der Waals surface area contributed by atoms with Gasteiger partial charge in [-0.25, -0.2) is 0 Å². The van der Waals surface area contributed by atoms with Crippen molar-refractivity contribution in [3.05, 3.63) is 0 Å². The molecule has 20 atom stereocenters. The van der Waals surface area contributed by atoms with Gasteiger partial charge in [0.05, 0.1) is 61.0 Å². The standard InChI is InChI=1S/C45H70O10Si5/c1-56(41-16-6-26(41)36-31(46-36)11-21-41)51-57(2,42-17-7-27(42)37-32(47-37)12-22-42)53-59(4,44-19-9-29(44)39-34(49-39)14-24-44)55-60(5,45-20-10-30(45)40-35(50-40)15-25-45)54-58(3,52-56)43-18-8-28(43)38-33(48-38)13-23-43/h26-40H,6-25H2,1-5H3. The van der Waals surface area contributed by atoms with E-state index < -0.39 is 42.8 Å². The van der Waals surface area contributed by atoms with Crippen molar-refractivity contribution in [1.29, 1.82) is 0 Å². The lowest BCUT2D eigenvalue weighted by atomic mass is 9.64. The third-order valence-corrected chi connectivity index (χ3v) is 53.0. The van der Waals surface area contributed by atoms with Crippen LogP contribution in [0.4, 0.5) is 0 Å². The number of hydrogen-bond acceptors (Lipinski definition) is 10. The molecule has 16 fully saturated rings. The maximum Gasteiger partial charge on any atom is 0.324 e. The molecule has 10 nitrogen and oxygen atoms in total. The van der Waals surface area contributed by atoms with Gasteiger partial charge in [0.2, 0.25) is 0 Å². The zero-order chi connectivity index (χ0) is 39.9. The maximum absolute atomic E-state index is 8.78. The Labute approximate surface area is 362 Å². The fourth-order valence-corrected chi connectivity index (χ4v) is 56.5. The van der Waals surface area contributed by atoms with Crippen molar-refractivity contribution in [2.75, 3.05) is 0 Å². The lowest BCUT2D eigenvalue weighted by molar-refractivity contribution is 0.0233. The second-order valence-corrected chi connectivity index (χ2v) is 43.7. The number of ether oxygens (including phenoxy) is 5. The first-order valence-electron chi connectivity index (χ1n) is 25.5. The minimum absolute atomic E-state index is 0.0244. The van der Waals surface area contributed by atoms with Crippen LogP contribution in [-0.4, -0.2) is 104 Å². The van der Waals surface area contributed by atoms with Gasteiger partial charge in [-0.2, -0.15) is 0 Å². The predicted octanol–water partition coefficient (Wildman–Crippen LogP) is 9.00. The van der Waals surface area contributed by atoms with E-state index in [0.717, 1.165) is 32.1 Å². The van der Waals surface area contributed by atoms with E-state index >= 15 is 0 Å². The molecule has 0 spiro atoms. The van der Waals surface area contributed by atoms with Crippen LogP contribution in [0, 0.1) is 29.6 Å². The quantitative estimate of drug-likeness (QED) is 0.196. The third kappa shape index (κ3) is 4.20. The Bertz CT molecular complexity index is 1640. The Morgan fingerprint density at radius 3 is 0.583 bits per heavy atom. The second kappa shape index (κ2) is 11.2. The molecular formula is C45H70O10Si5. The van der Waals surface area contributed by atoms with E-state index in [9.17, 15) is 0 Å². The molecule has 60 heavy (non-hydrogen) atoms. The van der Waals surface area contributed by atoms with Crippen molar-refractivity contribution in [2.45, 2.75) is 247 Å². The van der Waals surface area contributed by atoms with Gasteiger partial charge in [-0.1, -0.05) is 0 Å². The van der Waals surface area contributed by atoms with Crippen molar-refractivity contribution in [2.24, 2.45) is 29.6 Å². The maximum atomic E-state index is 8.78. The molecule has 16 aliphatic rings. The fourth-order valence-electron chi connectivity index (χ4n) is 19.9. The van der Waals surface area contributed by atoms with Gasteiger partial charge in [-0.15, -0.1) is 0 Å². The zero-order valence-corrected chi connectivity index (χ0v) is 41.9. The number of epoxide rings is 5. The summed E-state index contributed by atoms with van der Waals surface area (Å²) in [5.74, 6) is 2.63. The second-order valence-electron chi connectivity index (χ2n) is 25.1. The van der Waals surface area contributed by atoms with Crippen molar-refractivity contribution in [3.63, 3.8) is 0 Å². The summed E-state index contributed by atoms with van der Waals surface area (Å²) in [4.78, 5) is 0. The average Bonchev–Trinajstić information content (AvgIpc) is 3.88. The van der Waals surface area contributed by atoms with E-state index in [2.05, 4.69) is 32.7 Å². The van der Waals surface area contributed by atoms with Crippen LogP contribution < -0.4 is 0 Å². The summed E-state index contributed by atoms with van der Waals surface area (Å²) in [7, 11) is -15.8. The van der Waals surface area contributed by atoms with E-state index in [1.807, 2.05) is 0 Å². The molecule has 15 heteroatoms. The summed E-state index contributed by atoms with van der Waals surface area (Å²) in [6.45, 7) is 13.1. The highest BCUT2D eigenvalue weighted by Crippen LogP contribution is 2.81. The zero-order valence-electron chi connectivity index (χ0n) is 36.9. The average molecular weight is 911 g/mol. The van der Waals surface area contributed by atoms with Gasteiger partial charge in [0.1, 0.15) is 0 Å². The molecule has 6 saturated heterocycles. The van der Waals surface area contributed by atoms with Crippen LogP contribution in [0.15, 0.2) is 0 Å². The van der Waals surface area contributed by atoms with E-state index in [-0.39, 0.29) is 25.2 Å². The summed E-state index contributed by atoms with van der Waals surface area (Å²) < 4.78 is 76.8. The van der Waals surface area contributed by atoms with E-state index in [1.54, 1.807) is 0 Å². The molecule has 0 aromatic heterocycles. The van der Waals surface area contributed by atoms with E-state index in [4.69, 9.17) is 44.3 Å². The fraction of sp³-hybridized carbons (Fsp3) is 1.00. The Kier molecular flexibility index (Phi) is 7.02. The van der Waals surface area contributed by atoms with Crippen LogP contribution >= 0.6 is 0 Å². The highest BCUT2D eigenvalue weighted by molar-refractivity contribution is 6.97. The molecule has 0 bridgehead atoms. The van der Waals surface area contributed by atoms with Crippen LogP contribution in [-0.2, 0) is 44.3 Å². The first kappa shape index (κ1) is 37.7. The Morgan fingerprint density at radius 2 is 0.433 bits per heavy atom. The molecular weight excluding hydrogens is 841 g/mol. The number of hydrogen-bond donors (Lipinski definition) is 0. The molecule has 0 aromatic carbocycles. The molecule has 6 heterocycles. The highest BCUT2D eigenvalue weighted by atomic mass is 28.5. The van der Waals surface area contributed by atoms with Gasteiger partial charge < -0.3 is 44.3 Å². The minimum atomic E-state index is -3.16. The van der Waals surface area contributed by atoms with Gasteiger partial charge in [0.15, 0.2) is 0 Å². The third-order valence-electron chi connectivity index (χ3n) is 24.0. The largest absolute Gasteiger partial charge is 0.415 e. The summed E-state index contributed by atoms with van der Waals surface area (Å²) in [5.41, 5.74) is 0. The van der Waals surface area contributed by atoms with Crippen LogP contribution in [0.25, 0.3) is 0 Å². The molecule has 0 radical (unpaired) electrons. The van der Waals surface area contributed by atoms with Gasteiger partial charge in [-0.05, 0) is 191 Å². The molecule has 330 valence electrons. The predicted molar refractivity (Wildman–Crippen MR) is 230 cm³/mol. The smallest absolute Gasteiger partial charge is 0.324 e. The van der Waals surface area contributed by atoms with Crippen molar-refractivity contribution < 1.29 is 44.3 Å². The molecule has 6 aliphatic heterocycles. The Balaban J connectivity index is 0.931. The van der Waals surface area contributed by atoms with Crippen molar-refractivity contribution in [1.82, 2.24) is 0 Å². The first-order valence-corrected chi connectivity index (χ1v) is 37.1. The van der Waals surface area contributed by atoms with Crippen LogP contribution in [0.5, 0.6) is 0 Å². The van der Waals surface area contributed by atoms with Crippen LogP contribution in [0.1, 0.15) is 128 Å². The topological polar surface area (TPSA) is 109 Å². The Hall–Kier alpha value is 0.684. The summed E-state index contributed by atoms with van der Waals surface area (Å²) in [5, 5.41) is 0.122. The van der Waals surface area contributed by atoms with Crippen LogP contribution in [0.2, 0.25) is 57.9 Å². The van der Waals surface area contributed by atoms with E-state index in [0.29, 0.717) is 90.6 Å². The molecule has 10 aliphatic carbocycles. The molecule has 16 rings (SSSR count). The first-order chi connectivity index (χ1) is 28.8. The van der Waals surface area contributed by atoms with Gasteiger partial charge in [0.25, 0.3) is 0 Å². The Morgan fingerprint density at radius 1 is 0.267 bits per heavy atom. The van der Waals surface area contributed by atoms with Crippen LogP contribution in [0.3, 0.4) is 0 Å². The summed E-state index contributed by atoms with van der Waals surface area (Å²) in [6.07, 6.45) is 27.9. The SMILES string of the molecule is C[Si]1(C23CCC4OC4C2CC3)O[Si](C)(C23CCC4OC4C2CC3)O[Si](C)(C23CCC4OC4C2CC3)O[Si](C)(C23CCC4OC4C2CC3)O[Si](C)(C23CCC4OC4C2CC3)O1. The highest BCUT2D eigenvalue weighted by Gasteiger charge is 2.85. The number of fused-ring (bicyclic) bond motifs is 15. The van der Waals surface area contributed by atoms with E-state index in [1.165, 1.54) is 96.3 Å². The number of rotatable bonds is 5. The molecule has 0 aromatic rings. The van der Waals surface area contributed by atoms with Crippen molar-refractivity contribution in [3.8, 4) is 0 Å². The minimum Gasteiger partial charge on any atom is -0.415 e. The van der Waals surface area contributed by atoms with Gasteiger partial charge in [-0.3, -0.25) is 0 Å². The lowest BCUT2D eigenvalue weighted by Crippen LogP contribution is -2.81. The van der Waals surface area contributed by atoms with Gasteiger partial charge >= 0.3 is 42.8 Å². The molecule has 0 N–H and O–H groups in total.